The van der Waals surface area contributed by atoms with Crippen LogP contribution in [0.2, 0.25) is 0 Å². The first-order valence-electron chi connectivity index (χ1n) is 14.2. The van der Waals surface area contributed by atoms with Gasteiger partial charge < -0.3 is 31.2 Å². The predicted molar refractivity (Wildman–Crippen MR) is 149 cm³/mol. The Labute approximate surface area is 235 Å². The highest BCUT2D eigenvalue weighted by atomic mass is 19.1. The van der Waals surface area contributed by atoms with Crippen LogP contribution in [0.5, 0.6) is 0 Å². The van der Waals surface area contributed by atoms with Crippen LogP contribution in [0.1, 0.15) is 78.5 Å². The van der Waals surface area contributed by atoms with Crippen molar-refractivity contribution in [2.24, 2.45) is 11.5 Å². The van der Waals surface area contributed by atoms with Gasteiger partial charge in [0.15, 0.2) is 5.60 Å². The van der Waals surface area contributed by atoms with E-state index < -0.39 is 23.7 Å². The Kier molecular flexibility index (Phi) is 6.71. The molecule has 2 aromatic heterocycles. The molecule has 0 bridgehead atoms. The summed E-state index contributed by atoms with van der Waals surface area (Å²) in [5.41, 5.74) is 14.1. The molecule has 10 nitrogen and oxygen atoms in total. The van der Waals surface area contributed by atoms with Gasteiger partial charge in [-0.1, -0.05) is 13.3 Å². The van der Waals surface area contributed by atoms with Crippen LogP contribution < -0.4 is 22.3 Å². The number of esters is 1. The average molecular weight is 564 g/mol. The molecule has 0 unspecified atom stereocenters. The highest BCUT2D eigenvalue weighted by molar-refractivity contribution is 5.94. The lowest BCUT2D eigenvalue weighted by atomic mass is 9.81. The molecule has 0 spiro atoms. The number of nitrogens with two attached hydrogens (primary N) is 2. The van der Waals surface area contributed by atoms with E-state index in [0.717, 1.165) is 34.9 Å². The molecule has 0 fully saturated rings. The molecule has 6 rings (SSSR count). The molecule has 11 heteroatoms. The van der Waals surface area contributed by atoms with Crippen LogP contribution in [0, 0.1) is 12.7 Å². The predicted octanol–water partition coefficient (Wildman–Crippen LogP) is 2.09. The third kappa shape index (κ3) is 4.09. The molecule has 1 amide bonds. The monoisotopic (exact) mass is 563 g/mol. The molecular weight excluding hydrogens is 529 g/mol. The summed E-state index contributed by atoms with van der Waals surface area (Å²) in [7, 11) is 0. The zero-order valence-electron chi connectivity index (χ0n) is 23.2. The number of amides is 1. The van der Waals surface area contributed by atoms with Crippen molar-refractivity contribution in [2.75, 3.05) is 6.54 Å². The largest absolute Gasteiger partial charge is 0.458 e. The Morgan fingerprint density at radius 2 is 2.07 bits per heavy atom. The van der Waals surface area contributed by atoms with E-state index in [1.54, 1.807) is 24.5 Å². The first-order valence-corrected chi connectivity index (χ1v) is 14.2. The van der Waals surface area contributed by atoms with Crippen molar-refractivity contribution in [2.45, 2.75) is 83.2 Å². The molecule has 3 aromatic rings. The molecule has 0 saturated carbocycles. The van der Waals surface area contributed by atoms with E-state index in [4.69, 9.17) is 21.2 Å². The first kappa shape index (κ1) is 27.5. The fraction of sp³-hybridized carbons (Fsp3) is 0.467. The van der Waals surface area contributed by atoms with Crippen molar-refractivity contribution in [3.05, 3.63) is 61.7 Å². The number of aryl methyl sites for hydroxylation is 1. The molecule has 2 aliphatic heterocycles. The number of nitrogens with one attached hydrogen (secondary N) is 1. The quantitative estimate of drug-likeness (QED) is 0.196. The third-order valence-corrected chi connectivity index (χ3v) is 9.00. The number of fused-ring (bicyclic) bond motifs is 5. The molecule has 6 N–H and O–H groups in total. The SMILES string of the molecule is CC[C@@]1(O)C(=O)OCc2c1cc1n(c2=O)Cc2c-1nc1cc(F)c(C)c3c1c2[C@@H](NC(=O)[C@@H](N)CCCCN)CC3. The van der Waals surface area contributed by atoms with Gasteiger partial charge in [0.05, 0.1) is 41.1 Å². The van der Waals surface area contributed by atoms with E-state index >= 15 is 4.39 Å². The van der Waals surface area contributed by atoms with Gasteiger partial charge in [0.2, 0.25) is 5.91 Å². The number of nitrogens with zero attached hydrogens (tertiary/aromatic N) is 2. The second kappa shape index (κ2) is 10.0. The van der Waals surface area contributed by atoms with Crippen molar-refractivity contribution < 1.29 is 23.8 Å². The van der Waals surface area contributed by atoms with Crippen LogP contribution in [0.3, 0.4) is 0 Å². The van der Waals surface area contributed by atoms with Crippen LogP contribution in [0.15, 0.2) is 16.9 Å². The van der Waals surface area contributed by atoms with Crippen LogP contribution in [-0.2, 0) is 39.5 Å². The highest BCUT2D eigenvalue weighted by Crippen LogP contribution is 2.45. The molecule has 0 radical (unpaired) electrons. The molecule has 3 atom stereocenters. The molecule has 0 saturated heterocycles. The van der Waals surface area contributed by atoms with Gasteiger partial charge in [-0.15, -0.1) is 0 Å². The lowest BCUT2D eigenvalue weighted by Gasteiger charge is -2.31. The Bertz CT molecular complexity index is 1680. The number of cyclic esters (lactones) is 1. The maximum Gasteiger partial charge on any atom is 0.343 e. The summed E-state index contributed by atoms with van der Waals surface area (Å²) >= 11 is 0. The lowest BCUT2D eigenvalue weighted by molar-refractivity contribution is -0.172. The minimum atomic E-state index is -1.96. The van der Waals surface area contributed by atoms with Gasteiger partial charge in [-0.05, 0) is 68.3 Å². The fourth-order valence-electron chi connectivity index (χ4n) is 6.62. The molecule has 216 valence electrons. The van der Waals surface area contributed by atoms with Gasteiger partial charge >= 0.3 is 5.97 Å². The van der Waals surface area contributed by atoms with E-state index in [1.807, 2.05) is 0 Å². The Morgan fingerprint density at radius 1 is 1.29 bits per heavy atom. The highest BCUT2D eigenvalue weighted by Gasteiger charge is 2.46. The number of carbonyl (C=O) groups is 2. The number of hydrogen-bond acceptors (Lipinski definition) is 8. The van der Waals surface area contributed by atoms with Gasteiger partial charge in [-0.25, -0.2) is 14.2 Å². The van der Waals surface area contributed by atoms with Gasteiger partial charge in [0.25, 0.3) is 5.56 Å². The second-order valence-corrected chi connectivity index (χ2v) is 11.3. The van der Waals surface area contributed by atoms with Crippen LogP contribution in [0.4, 0.5) is 4.39 Å². The summed E-state index contributed by atoms with van der Waals surface area (Å²) in [6, 6.07) is 1.91. The summed E-state index contributed by atoms with van der Waals surface area (Å²) in [6.45, 7) is 3.86. The normalized spacial score (nSPS) is 21.2. The van der Waals surface area contributed by atoms with Crippen molar-refractivity contribution in [3.8, 4) is 11.4 Å². The minimum Gasteiger partial charge on any atom is -0.458 e. The molecule has 41 heavy (non-hydrogen) atoms. The first-order chi connectivity index (χ1) is 19.6. The zero-order chi connectivity index (χ0) is 29.2. The minimum absolute atomic E-state index is 0.0263. The summed E-state index contributed by atoms with van der Waals surface area (Å²) < 4.78 is 21.8. The van der Waals surface area contributed by atoms with E-state index in [2.05, 4.69) is 5.32 Å². The van der Waals surface area contributed by atoms with Crippen LogP contribution in [-0.4, -0.2) is 39.1 Å². The second-order valence-electron chi connectivity index (χ2n) is 11.3. The van der Waals surface area contributed by atoms with Crippen LogP contribution >= 0.6 is 0 Å². The lowest BCUT2D eigenvalue weighted by Crippen LogP contribution is -2.44. The molecule has 1 aliphatic carbocycles. The number of hydrogen-bond donors (Lipinski definition) is 4. The summed E-state index contributed by atoms with van der Waals surface area (Å²) in [4.78, 5) is 44.3. The topological polar surface area (TPSA) is 163 Å². The van der Waals surface area contributed by atoms with E-state index in [1.165, 1.54) is 6.07 Å². The fourth-order valence-corrected chi connectivity index (χ4v) is 6.62. The summed E-state index contributed by atoms with van der Waals surface area (Å²) in [5.74, 6) is -1.46. The third-order valence-electron chi connectivity index (χ3n) is 9.00. The Balaban J connectivity index is 1.52. The van der Waals surface area contributed by atoms with E-state index in [-0.39, 0.29) is 48.0 Å². The van der Waals surface area contributed by atoms with E-state index in [9.17, 15) is 19.5 Å². The number of aliphatic hydroxyl groups is 1. The number of aromatic nitrogens is 2. The van der Waals surface area contributed by atoms with Crippen molar-refractivity contribution in [1.29, 1.82) is 0 Å². The van der Waals surface area contributed by atoms with Gasteiger partial charge in [0, 0.05) is 22.6 Å². The standard InChI is InChI=1S/C30H34FN5O5/c1-3-30(40)18-10-23-26-16(12-36(23)28(38)17(18)13-41-29(30)39)25-21(35-27(37)20(33)6-4-5-9-32)8-7-15-14(2)19(31)11-22(34-26)24(15)25/h10-11,20-21,40H,3-9,12-13,32-33H2,1-2H3,(H,35,37)/t20-,21-,30-/m0/s1. The van der Waals surface area contributed by atoms with Crippen molar-refractivity contribution >= 4 is 22.8 Å². The summed E-state index contributed by atoms with van der Waals surface area (Å²) in [5, 5.41) is 15.1. The average Bonchev–Trinajstić information content (AvgIpc) is 3.33. The Morgan fingerprint density at radius 3 is 2.80 bits per heavy atom. The van der Waals surface area contributed by atoms with Gasteiger partial charge in [0.1, 0.15) is 12.4 Å². The van der Waals surface area contributed by atoms with Crippen molar-refractivity contribution in [3.63, 3.8) is 0 Å². The van der Waals surface area contributed by atoms with E-state index in [0.29, 0.717) is 48.3 Å². The maximum absolute atomic E-state index is 15.1. The number of rotatable bonds is 7. The number of ether oxygens (including phenoxy) is 1. The number of carbonyl (C=O) groups excluding carboxylic acids is 2. The van der Waals surface area contributed by atoms with Gasteiger partial charge in [-0.2, -0.15) is 0 Å². The Hall–Kier alpha value is -3.67. The zero-order valence-corrected chi connectivity index (χ0v) is 23.2. The molecule has 4 heterocycles. The molecule has 1 aromatic carbocycles. The number of unbranched alkanes of at least 4 members (excludes halogenated alkanes) is 1. The van der Waals surface area contributed by atoms with Gasteiger partial charge in [-0.3, -0.25) is 9.59 Å². The summed E-state index contributed by atoms with van der Waals surface area (Å²) in [6.07, 6.45) is 3.13. The smallest absolute Gasteiger partial charge is 0.343 e. The number of benzene rings is 1. The molecular formula is C30H34FN5O5. The maximum atomic E-state index is 15.1. The van der Waals surface area contributed by atoms with Crippen molar-refractivity contribution in [1.82, 2.24) is 14.9 Å². The number of pyridine rings is 2. The number of halogens is 1. The van der Waals surface area contributed by atoms with Crippen LogP contribution in [0.25, 0.3) is 22.3 Å². The molecule has 3 aliphatic rings.